The molecule has 0 aliphatic carbocycles. The van der Waals surface area contributed by atoms with Crippen LogP contribution < -0.4 is 18.9 Å². The molecule has 0 saturated heterocycles. The number of phenolic OH excluding ortho intramolecular Hbond substituents is 4. The summed E-state index contributed by atoms with van der Waals surface area (Å²) < 4.78 is 21.0. The van der Waals surface area contributed by atoms with Gasteiger partial charge in [0, 0.05) is 47.1 Å². The van der Waals surface area contributed by atoms with Crippen LogP contribution in [0.1, 0.15) is 22.3 Å². The van der Waals surface area contributed by atoms with Crippen LogP contribution in [0.25, 0.3) is 0 Å². The molecule has 0 unspecified atom stereocenters. The number of phenols is 4. The van der Waals surface area contributed by atoms with E-state index in [1.54, 1.807) is 84.9 Å². The Hall–Kier alpha value is -6.82. The van der Waals surface area contributed by atoms with Crippen molar-refractivity contribution in [1.82, 2.24) is 0 Å². The van der Waals surface area contributed by atoms with Gasteiger partial charge in [0.1, 0.15) is 0 Å². The van der Waals surface area contributed by atoms with Crippen molar-refractivity contribution in [3.63, 3.8) is 0 Å². The third kappa shape index (κ3) is 7.66. The predicted molar refractivity (Wildman–Crippen MR) is 194 cm³/mol. The molecule has 0 atom stereocenters. The van der Waals surface area contributed by atoms with Gasteiger partial charge in [0.25, 0.3) is 0 Å². The standard InChI is InChI=1S/C38H34N4O8/c1-47-31-13-5-9-23(35(31)43)19-39-27-17-29(41-21-25-11-7-15-33(49-3)37(25)45)30(42-22-26-12-8-16-34(50-4)38(26)46)18-28(27)40-20-24-10-6-14-32(48-2)36(24)44/h5-22,43-46H,1-4H3. The molecule has 0 amide bonds. The third-order valence-corrected chi connectivity index (χ3v) is 7.44. The van der Waals surface area contributed by atoms with Gasteiger partial charge in [0.05, 0.1) is 51.2 Å². The number of hydrogen-bond acceptors (Lipinski definition) is 12. The summed E-state index contributed by atoms with van der Waals surface area (Å²) >= 11 is 0. The number of methoxy groups -OCH3 is 4. The number of aliphatic imine (C=N–C) groups is 4. The van der Waals surface area contributed by atoms with E-state index in [1.165, 1.54) is 53.3 Å². The number of para-hydroxylation sites is 4. The molecule has 50 heavy (non-hydrogen) atoms. The summed E-state index contributed by atoms with van der Waals surface area (Å²) in [6, 6.07) is 23.3. The molecule has 0 fully saturated rings. The number of aromatic hydroxyl groups is 4. The number of rotatable bonds is 12. The summed E-state index contributed by atoms with van der Waals surface area (Å²) in [5, 5.41) is 42.8. The Bertz CT molecular complexity index is 1830. The van der Waals surface area contributed by atoms with Crippen LogP contribution in [0.5, 0.6) is 46.0 Å². The Labute approximate surface area is 288 Å². The molecule has 0 bridgehead atoms. The number of hydrogen-bond donors (Lipinski definition) is 4. The van der Waals surface area contributed by atoms with E-state index in [0.29, 0.717) is 45.0 Å². The molecule has 0 spiro atoms. The first kappa shape index (κ1) is 34.5. The average molecular weight is 675 g/mol. The molecule has 0 aliphatic heterocycles. The van der Waals surface area contributed by atoms with Crippen LogP contribution in [0.4, 0.5) is 22.7 Å². The van der Waals surface area contributed by atoms with Crippen LogP contribution in [0.2, 0.25) is 0 Å². The molecular weight excluding hydrogens is 640 g/mol. The van der Waals surface area contributed by atoms with Crippen LogP contribution in [0.15, 0.2) is 105 Å². The molecular formula is C38H34N4O8. The highest BCUT2D eigenvalue weighted by molar-refractivity contribution is 5.95. The second kappa shape index (κ2) is 15.8. The van der Waals surface area contributed by atoms with E-state index in [1.807, 2.05) is 0 Å². The Kier molecular flexibility index (Phi) is 10.9. The molecule has 12 heteroatoms. The highest BCUT2D eigenvalue weighted by Gasteiger charge is 2.13. The third-order valence-electron chi connectivity index (χ3n) is 7.44. The summed E-state index contributed by atoms with van der Waals surface area (Å²) in [7, 11) is 5.80. The minimum absolute atomic E-state index is 0.101. The molecule has 0 aliphatic rings. The smallest absolute Gasteiger partial charge is 0.166 e. The van der Waals surface area contributed by atoms with Gasteiger partial charge in [-0.15, -0.1) is 0 Å². The maximum Gasteiger partial charge on any atom is 0.166 e. The van der Waals surface area contributed by atoms with E-state index in [4.69, 9.17) is 18.9 Å². The lowest BCUT2D eigenvalue weighted by Gasteiger charge is -2.09. The first-order chi connectivity index (χ1) is 24.3. The zero-order valence-corrected chi connectivity index (χ0v) is 27.6. The maximum atomic E-state index is 10.7. The quantitative estimate of drug-likeness (QED) is 0.0985. The summed E-state index contributed by atoms with van der Waals surface area (Å²) in [4.78, 5) is 18.6. The minimum atomic E-state index is -0.101. The fourth-order valence-corrected chi connectivity index (χ4v) is 4.76. The fourth-order valence-electron chi connectivity index (χ4n) is 4.76. The van der Waals surface area contributed by atoms with E-state index in [2.05, 4.69) is 20.0 Å². The van der Waals surface area contributed by atoms with Gasteiger partial charge in [-0.3, -0.25) is 20.0 Å². The van der Waals surface area contributed by atoms with Crippen molar-refractivity contribution >= 4 is 47.6 Å². The van der Waals surface area contributed by atoms with E-state index in [0.717, 1.165) is 0 Å². The SMILES string of the molecule is COc1cccc(C=Nc2cc(N=Cc3cccc(OC)c3O)c(N=Cc3cccc(OC)c3O)cc2N=Cc2cccc(OC)c2O)c1O. The summed E-state index contributed by atoms with van der Waals surface area (Å²) in [6.07, 6.45) is 5.81. The lowest BCUT2D eigenvalue weighted by molar-refractivity contribution is 0.373. The van der Waals surface area contributed by atoms with Crippen LogP contribution >= 0.6 is 0 Å². The summed E-state index contributed by atoms with van der Waals surface area (Å²) in [6.45, 7) is 0. The lowest BCUT2D eigenvalue weighted by Crippen LogP contribution is -1.90. The number of benzene rings is 5. The average Bonchev–Trinajstić information content (AvgIpc) is 3.13. The monoisotopic (exact) mass is 674 g/mol. The Morgan fingerprint density at radius 3 is 0.800 bits per heavy atom. The second-order valence-corrected chi connectivity index (χ2v) is 10.5. The topological polar surface area (TPSA) is 167 Å². The van der Waals surface area contributed by atoms with Crippen molar-refractivity contribution in [2.75, 3.05) is 28.4 Å². The number of ether oxygens (including phenoxy) is 4. The van der Waals surface area contributed by atoms with Crippen molar-refractivity contribution in [2.45, 2.75) is 0 Å². The van der Waals surface area contributed by atoms with Crippen molar-refractivity contribution in [2.24, 2.45) is 20.0 Å². The molecule has 254 valence electrons. The lowest BCUT2D eigenvalue weighted by atomic mass is 10.1. The van der Waals surface area contributed by atoms with Crippen LogP contribution in [-0.4, -0.2) is 73.7 Å². The summed E-state index contributed by atoms with van der Waals surface area (Å²) in [5.74, 6) is 0.688. The van der Waals surface area contributed by atoms with Crippen molar-refractivity contribution in [3.8, 4) is 46.0 Å². The molecule has 5 aromatic rings. The van der Waals surface area contributed by atoms with E-state index >= 15 is 0 Å². The summed E-state index contributed by atoms with van der Waals surface area (Å²) in [5.41, 5.74) is 2.79. The van der Waals surface area contributed by atoms with Gasteiger partial charge < -0.3 is 39.4 Å². The van der Waals surface area contributed by atoms with Crippen molar-refractivity contribution in [3.05, 3.63) is 107 Å². The van der Waals surface area contributed by atoms with E-state index in [-0.39, 0.29) is 46.0 Å². The Balaban J connectivity index is 1.70. The molecule has 12 nitrogen and oxygen atoms in total. The zero-order valence-electron chi connectivity index (χ0n) is 27.6. The molecule has 0 radical (unpaired) electrons. The van der Waals surface area contributed by atoms with Crippen LogP contribution in [0, 0.1) is 0 Å². The van der Waals surface area contributed by atoms with Gasteiger partial charge in [-0.2, -0.15) is 0 Å². The molecule has 4 N–H and O–H groups in total. The highest BCUT2D eigenvalue weighted by atomic mass is 16.5. The van der Waals surface area contributed by atoms with Gasteiger partial charge in [0.2, 0.25) is 0 Å². The largest absolute Gasteiger partial charge is 0.504 e. The molecule has 5 aromatic carbocycles. The fraction of sp³-hybridized carbons (Fsp3) is 0.105. The predicted octanol–water partition coefficient (Wildman–Crippen LogP) is 7.55. The van der Waals surface area contributed by atoms with Crippen molar-refractivity contribution in [1.29, 1.82) is 0 Å². The van der Waals surface area contributed by atoms with Crippen molar-refractivity contribution < 1.29 is 39.4 Å². The normalized spacial score (nSPS) is 11.6. The van der Waals surface area contributed by atoms with Gasteiger partial charge in [0.15, 0.2) is 46.0 Å². The Morgan fingerprint density at radius 2 is 0.600 bits per heavy atom. The number of nitrogens with zero attached hydrogens (tertiary/aromatic N) is 4. The zero-order chi connectivity index (χ0) is 35.6. The van der Waals surface area contributed by atoms with Gasteiger partial charge in [-0.05, 0) is 60.7 Å². The van der Waals surface area contributed by atoms with Gasteiger partial charge in [-0.1, -0.05) is 24.3 Å². The highest BCUT2D eigenvalue weighted by Crippen LogP contribution is 2.42. The van der Waals surface area contributed by atoms with E-state index < -0.39 is 0 Å². The molecule has 5 rings (SSSR count). The van der Waals surface area contributed by atoms with E-state index in [9.17, 15) is 20.4 Å². The van der Waals surface area contributed by atoms with Gasteiger partial charge in [-0.25, -0.2) is 0 Å². The first-order valence-electron chi connectivity index (χ1n) is 15.1. The van der Waals surface area contributed by atoms with Crippen LogP contribution in [0.3, 0.4) is 0 Å². The second-order valence-electron chi connectivity index (χ2n) is 10.5. The van der Waals surface area contributed by atoms with Crippen LogP contribution in [-0.2, 0) is 0 Å². The molecule has 0 saturated carbocycles. The molecule has 0 heterocycles. The maximum absolute atomic E-state index is 10.7. The van der Waals surface area contributed by atoms with Gasteiger partial charge >= 0.3 is 0 Å². The minimum Gasteiger partial charge on any atom is -0.504 e. The molecule has 0 aromatic heterocycles. The Morgan fingerprint density at radius 1 is 0.380 bits per heavy atom. The first-order valence-corrected chi connectivity index (χ1v) is 15.1.